The molecule has 7 heteroatoms. The number of fused-ring (bicyclic) bond motifs is 1. The Bertz CT molecular complexity index is 1280. The third-order valence-electron chi connectivity index (χ3n) is 4.37. The minimum Gasteiger partial charge on any atom is -0.452 e. The van der Waals surface area contributed by atoms with Crippen molar-refractivity contribution in [2.24, 2.45) is 0 Å². The number of hydrogen-bond donors (Lipinski definition) is 1. The molecule has 0 aliphatic carbocycles. The van der Waals surface area contributed by atoms with Crippen LogP contribution >= 0.6 is 11.3 Å². The van der Waals surface area contributed by atoms with Gasteiger partial charge in [0, 0.05) is 5.39 Å². The molecule has 0 bridgehead atoms. The van der Waals surface area contributed by atoms with E-state index in [4.69, 9.17) is 10.00 Å². The van der Waals surface area contributed by atoms with Crippen molar-refractivity contribution in [2.45, 2.75) is 0 Å². The number of nitrogens with zero attached hydrogens (tertiary/aromatic N) is 2. The fraction of sp³-hybridized carbons (Fsp3) is 0.0435. The van der Waals surface area contributed by atoms with E-state index in [9.17, 15) is 9.59 Å². The summed E-state index contributed by atoms with van der Waals surface area (Å²) in [6.07, 6.45) is 0. The van der Waals surface area contributed by atoms with Gasteiger partial charge in [0.2, 0.25) is 0 Å². The summed E-state index contributed by atoms with van der Waals surface area (Å²) in [6, 6.07) is 21.4. The molecule has 30 heavy (non-hydrogen) atoms. The Labute approximate surface area is 176 Å². The lowest BCUT2D eigenvalue weighted by atomic mass is 10.1. The highest BCUT2D eigenvalue weighted by molar-refractivity contribution is 7.13. The smallest absolute Gasteiger partial charge is 0.339 e. The summed E-state index contributed by atoms with van der Waals surface area (Å²) in [7, 11) is 0. The number of thiophene rings is 1. The number of nitrogens with one attached hydrogen (secondary N) is 1. The number of ether oxygens (including phenoxy) is 1. The molecular weight excluding hydrogens is 398 g/mol. The minimum atomic E-state index is -0.616. The second-order valence-corrected chi connectivity index (χ2v) is 7.28. The Morgan fingerprint density at radius 3 is 2.67 bits per heavy atom. The summed E-state index contributed by atoms with van der Waals surface area (Å²) in [5.41, 5.74) is 2.38. The van der Waals surface area contributed by atoms with Crippen molar-refractivity contribution in [3.05, 3.63) is 83.2 Å². The first kappa shape index (κ1) is 19.3. The molecule has 4 aromatic rings. The van der Waals surface area contributed by atoms with Gasteiger partial charge in [0.15, 0.2) is 6.61 Å². The number of benzene rings is 2. The van der Waals surface area contributed by atoms with Gasteiger partial charge in [-0.15, -0.1) is 11.3 Å². The first-order chi connectivity index (χ1) is 14.7. The number of hydrogen-bond acceptors (Lipinski definition) is 6. The molecular formula is C23H15N3O3S. The zero-order valence-corrected chi connectivity index (χ0v) is 16.5. The maximum absolute atomic E-state index is 12.8. The Balaban J connectivity index is 1.55. The molecule has 0 saturated heterocycles. The summed E-state index contributed by atoms with van der Waals surface area (Å²) >= 11 is 1.52. The highest BCUT2D eigenvalue weighted by Crippen LogP contribution is 2.28. The monoisotopic (exact) mass is 413 g/mol. The average Bonchev–Trinajstić information content (AvgIpc) is 3.32. The van der Waals surface area contributed by atoms with Crippen LogP contribution in [0.15, 0.2) is 72.1 Å². The molecule has 0 atom stereocenters. The van der Waals surface area contributed by atoms with Crippen molar-refractivity contribution >= 4 is 39.8 Å². The maximum Gasteiger partial charge on any atom is 0.339 e. The average molecular weight is 413 g/mol. The number of nitriles is 1. The number of pyridine rings is 1. The Kier molecular flexibility index (Phi) is 5.50. The summed E-state index contributed by atoms with van der Waals surface area (Å²) < 4.78 is 5.26. The number of amides is 1. The van der Waals surface area contributed by atoms with E-state index in [2.05, 4.69) is 10.3 Å². The van der Waals surface area contributed by atoms with Gasteiger partial charge in [0.05, 0.1) is 32.9 Å². The number of para-hydroxylation sites is 2. The van der Waals surface area contributed by atoms with Crippen LogP contribution in [0.25, 0.3) is 21.5 Å². The van der Waals surface area contributed by atoms with Crippen LogP contribution in [0, 0.1) is 11.3 Å². The largest absolute Gasteiger partial charge is 0.452 e. The van der Waals surface area contributed by atoms with Crippen LogP contribution in [0.1, 0.15) is 15.9 Å². The third kappa shape index (κ3) is 4.04. The Morgan fingerprint density at radius 1 is 1.07 bits per heavy atom. The normalized spacial score (nSPS) is 10.4. The molecule has 0 unspecified atom stereocenters. The van der Waals surface area contributed by atoms with Crippen LogP contribution < -0.4 is 5.32 Å². The van der Waals surface area contributed by atoms with Crippen molar-refractivity contribution in [3.63, 3.8) is 0 Å². The van der Waals surface area contributed by atoms with Crippen LogP contribution in [0.5, 0.6) is 0 Å². The fourth-order valence-corrected chi connectivity index (χ4v) is 3.67. The van der Waals surface area contributed by atoms with Crippen molar-refractivity contribution in [1.82, 2.24) is 4.98 Å². The van der Waals surface area contributed by atoms with Gasteiger partial charge in [0.1, 0.15) is 6.07 Å². The quantitative estimate of drug-likeness (QED) is 0.482. The minimum absolute atomic E-state index is 0.331. The molecule has 0 radical (unpaired) electrons. The van der Waals surface area contributed by atoms with Crippen molar-refractivity contribution in [1.29, 1.82) is 5.26 Å². The van der Waals surface area contributed by atoms with E-state index in [-0.39, 0.29) is 0 Å². The van der Waals surface area contributed by atoms with E-state index < -0.39 is 18.5 Å². The van der Waals surface area contributed by atoms with Crippen LogP contribution in [0.3, 0.4) is 0 Å². The number of rotatable bonds is 5. The predicted octanol–water partition coefficient (Wildman–Crippen LogP) is 4.63. The van der Waals surface area contributed by atoms with Crippen LogP contribution in [-0.4, -0.2) is 23.5 Å². The molecule has 0 aliphatic rings. The van der Waals surface area contributed by atoms with Crippen molar-refractivity contribution < 1.29 is 14.3 Å². The lowest BCUT2D eigenvalue weighted by molar-refractivity contribution is -0.119. The Hall–Kier alpha value is -4.02. The van der Waals surface area contributed by atoms with Crippen LogP contribution in [0.2, 0.25) is 0 Å². The van der Waals surface area contributed by atoms with Gasteiger partial charge < -0.3 is 10.1 Å². The number of esters is 1. The van der Waals surface area contributed by atoms with Crippen molar-refractivity contribution in [2.75, 3.05) is 11.9 Å². The van der Waals surface area contributed by atoms with E-state index in [1.165, 1.54) is 11.3 Å². The first-order valence-corrected chi connectivity index (χ1v) is 9.93. The molecule has 0 fully saturated rings. The van der Waals surface area contributed by atoms with Gasteiger partial charge in [-0.05, 0) is 35.7 Å². The van der Waals surface area contributed by atoms with Gasteiger partial charge in [0.25, 0.3) is 5.91 Å². The molecule has 2 heterocycles. The van der Waals surface area contributed by atoms with E-state index in [1.807, 2.05) is 41.8 Å². The molecule has 6 nitrogen and oxygen atoms in total. The molecule has 0 aliphatic heterocycles. The van der Waals surface area contributed by atoms with Crippen LogP contribution in [-0.2, 0) is 9.53 Å². The lowest BCUT2D eigenvalue weighted by Crippen LogP contribution is -2.21. The zero-order chi connectivity index (χ0) is 20.9. The molecule has 2 aromatic heterocycles. The summed E-state index contributed by atoms with van der Waals surface area (Å²) in [4.78, 5) is 30.6. The number of carbonyl (C=O) groups excluding carboxylic acids is 2. The first-order valence-electron chi connectivity index (χ1n) is 9.05. The summed E-state index contributed by atoms with van der Waals surface area (Å²) in [6.45, 7) is -0.469. The Morgan fingerprint density at radius 2 is 1.87 bits per heavy atom. The maximum atomic E-state index is 12.8. The topological polar surface area (TPSA) is 92.1 Å². The van der Waals surface area contributed by atoms with Crippen molar-refractivity contribution in [3.8, 4) is 16.6 Å². The van der Waals surface area contributed by atoms with Gasteiger partial charge >= 0.3 is 5.97 Å². The molecule has 0 spiro atoms. The van der Waals surface area contributed by atoms with E-state index in [0.29, 0.717) is 33.4 Å². The fourth-order valence-electron chi connectivity index (χ4n) is 2.98. The third-order valence-corrected chi connectivity index (χ3v) is 5.26. The molecule has 4 rings (SSSR count). The molecule has 1 N–H and O–H groups in total. The van der Waals surface area contributed by atoms with Crippen LogP contribution in [0.4, 0.5) is 5.69 Å². The van der Waals surface area contributed by atoms with Gasteiger partial charge in [-0.1, -0.05) is 36.4 Å². The second kappa shape index (κ2) is 8.55. The molecule has 0 saturated carbocycles. The van der Waals surface area contributed by atoms with Gasteiger partial charge in [-0.25, -0.2) is 9.78 Å². The number of anilines is 1. The SMILES string of the molecule is N#Cc1ccccc1NC(=O)COC(=O)c1cc(-c2cccs2)nc2ccccc12. The van der Waals surface area contributed by atoms with E-state index >= 15 is 0 Å². The number of carbonyl (C=O) groups is 2. The van der Waals surface area contributed by atoms with E-state index in [1.54, 1.807) is 36.4 Å². The van der Waals surface area contributed by atoms with E-state index in [0.717, 1.165) is 4.88 Å². The highest BCUT2D eigenvalue weighted by atomic mass is 32.1. The standard InChI is InChI=1S/C23H15N3O3S/c24-13-15-6-1-3-8-18(15)26-22(27)14-29-23(28)17-12-20(21-10-5-11-30-21)25-19-9-4-2-7-16(17)19/h1-12H,14H2,(H,26,27). The number of aromatic nitrogens is 1. The summed E-state index contributed by atoms with van der Waals surface area (Å²) in [5, 5.41) is 14.3. The lowest BCUT2D eigenvalue weighted by Gasteiger charge is -2.10. The van der Waals surface area contributed by atoms with Gasteiger partial charge in [-0.2, -0.15) is 5.26 Å². The summed E-state index contributed by atoms with van der Waals surface area (Å²) in [5.74, 6) is -1.14. The molecule has 1 amide bonds. The second-order valence-electron chi connectivity index (χ2n) is 6.33. The highest BCUT2D eigenvalue weighted by Gasteiger charge is 2.17. The predicted molar refractivity (Wildman–Crippen MR) is 115 cm³/mol. The van der Waals surface area contributed by atoms with Gasteiger partial charge in [-0.3, -0.25) is 4.79 Å². The molecule has 2 aromatic carbocycles. The molecule has 146 valence electrons. The zero-order valence-electron chi connectivity index (χ0n) is 15.7.